The molecule has 6 heteroatoms. The minimum atomic E-state index is -0.656. The average Bonchev–Trinajstić information content (AvgIpc) is 2.77. The molecule has 0 unspecified atom stereocenters. The second kappa shape index (κ2) is 5.21. The molecule has 3 rings (SSSR count). The summed E-state index contributed by atoms with van der Waals surface area (Å²) in [7, 11) is -0.656. The van der Waals surface area contributed by atoms with Gasteiger partial charge in [0.2, 0.25) is 0 Å². The van der Waals surface area contributed by atoms with Gasteiger partial charge >= 0.3 is 0 Å². The molecular weight excluding hydrogens is 282 g/mol. The average molecular weight is 298 g/mol. The Hall–Kier alpha value is -0.940. The lowest BCUT2D eigenvalue weighted by atomic mass is 10.1. The van der Waals surface area contributed by atoms with Gasteiger partial charge in [-0.2, -0.15) is 0 Å². The lowest BCUT2D eigenvalue weighted by Crippen LogP contribution is -2.23. The van der Waals surface area contributed by atoms with Crippen molar-refractivity contribution >= 4 is 33.6 Å². The molecule has 0 saturated carbocycles. The van der Waals surface area contributed by atoms with E-state index in [1.807, 2.05) is 19.2 Å². The topological polar surface area (TPSA) is 47.8 Å². The molecule has 19 heavy (non-hydrogen) atoms. The number of pyridine rings is 1. The SMILES string of the molecule is Cc1cnc2c(c1)nc(CCl)n2C1CCS(=O)CC1. The molecule has 0 aromatic carbocycles. The van der Waals surface area contributed by atoms with Crippen molar-refractivity contribution in [2.24, 2.45) is 0 Å². The summed E-state index contributed by atoms with van der Waals surface area (Å²) in [6.45, 7) is 2.01. The monoisotopic (exact) mass is 297 g/mol. The number of rotatable bonds is 2. The fourth-order valence-electron chi connectivity index (χ4n) is 2.65. The second-order valence-corrected chi connectivity index (χ2v) is 6.93. The molecule has 2 aromatic rings. The van der Waals surface area contributed by atoms with Gasteiger partial charge in [-0.05, 0) is 31.4 Å². The molecule has 0 radical (unpaired) electrons. The summed E-state index contributed by atoms with van der Waals surface area (Å²) in [5.41, 5.74) is 2.91. The summed E-state index contributed by atoms with van der Waals surface area (Å²) in [4.78, 5) is 9.09. The van der Waals surface area contributed by atoms with E-state index in [0.29, 0.717) is 11.9 Å². The summed E-state index contributed by atoms with van der Waals surface area (Å²) in [5.74, 6) is 2.78. The molecule has 3 heterocycles. The van der Waals surface area contributed by atoms with Crippen molar-refractivity contribution in [1.29, 1.82) is 0 Å². The van der Waals surface area contributed by atoms with Crippen molar-refractivity contribution in [3.05, 3.63) is 23.7 Å². The lowest BCUT2D eigenvalue weighted by molar-refractivity contribution is 0.460. The number of halogens is 1. The van der Waals surface area contributed by atoms with Gasteiger partial charge in [0.1, 0.15) is 11.3 Å². The van der Waals surface area contributed by atoms with Gasteiger partial charge < -0.3 is 4.57 Å². The maximum atomic E-state index is 11.5. The van der Waals surface area contributed by atoms with E-state index in [-0.39, 0.29) is 0 Å². The maximum Gasteiger partial charge on any atom is 0.160 e. The fraction of sp³-hybridized carbons (Fsp3) is 0.538. The maximum absolute atomic E-state index is 11.5. The Labute approximate surface area is 119 Å². The third kappa shape index (κ3) is 2.41. The van der Waals surface area contributed by atoms with E-state index in [4.69, 9.17) is 11.6 Å². The van der Waals surface area contributed by atoms with E-state index in [1.54, 1.807) is 0 Å². The van der Waals surface area contributed by atoms with Crippen molar-refractivity contribution in [2.75, 3.05) is 11.5 Å². The highest BCUT2D eigenvalue weighted by Gasteiger charge is 2.24. The van der Waals surface area contributed by atoms with Gasteiger partial charge in [0.15, 0.2) is 5.65 Å². The first-order valence-electron chi connectivity index (χ1n) is 6.43. The number of hydrogen-bond acceptors (Lipinski definition) is 3. The zero-order valence-electron chi connectivity index (χ0n) is 10.8. The highest BCUT2D eigenvalue weighted by Crippen LogP contribution is 2.28. The van der Waals surface area contributed by atoms with Crippen molar-refractivity contribution in [3.63, 3.8) is 0 Å². The third-order valence-corrected chi connectivity index (χ3v) is 5.20. The van der Waals surface area contributed by atoms with Crippen LogP contribution in [-0.2, 0) is 16.7 Å². The van der Waals surface area contributed by atoms with E-state index >= 15 is 0 Å². The van der Waals surface area contributed by atoms with Crippen LogP contribution in [0.3, 0.4) is 0 Å². The smallest absolute Gasteiger partial charge is 0.160 e. The molecule has 0 N–H and O–H groups in total. The standard InChI is InChI=1S/C13H16ClN3OS/c1-9-6-11-13(15-8-9)17(12(7-14)16-11)10-2-4-19(18)5-3-10/h6,8,10H,2-5,7H2,1H3. The Morgan fingerprint density at radius 3 is 2.89 bits per heavy atom. The molecule has 1 saturated heterocycles. The number of aryl methyl sites for hydroxylation is 1. The van der Waals surface area contributed by atoms with Crippen molar-refractivity contribution in [2.45, 2.75) is 31.7 Å². The van der Waals surface area contributed by atoms with E-state index in [0.717, 1.165) is 46.9 Å². The van der Waals surface area contributed by atoms with Crippen LogP contribution in [-0.4, -0.2) is 30.2 Å². The first kappa shape index (κ1) is 13.1. The predicted molar refractivity (Wildman–Crippen MR) is 78.0 cm³/mol. The van der Waals surface area contributed by atoms with Gasteiger partial charge in [-0.25, -0.2) is 9.97 Å². The largest absolute Gasteiger partial charge is 0.309 e. The molecule has 0 spiro atoms. The Balaban J connectivity index is 2.08. The van der Waals surface area contributed by atoms with E-state index in [2.05, 4.69) is 14.5 Å². The van der Waals surface area contributed by atoms with Crippen LogP contribution in [0.2, 0.25) is 0 Å². The molecular formula is C13H16ClN3OS. The minimum absolute atomic E-state index is 0.326. The summed E-state index contributed by atoms with van der Waals surface area (Å²) in [6, 6.07) is 2.36. The van der Waals surface area contributed by atoms with Crippen LogP contribution >= 0.6 is 11.6 Å². The van der Waals surface area contributed by atoms with E-state index in [9.17, 15) is 4.21 Å². The highest BCUT2D eigenvalue weighted by atomic mass is 35.5. The van der Waals surface area contributed by atoms with Crippen LogP contribution in [0.1, 0.15) is 30.3 Å². The summed E-state index contributed by atoms with van der Waals surface area (Å²) < 4.78 is 13.6. The first-order chi connectivity index (χ1) is 9.19. The van der Waals surface area contributed by atoms with E-state index < -0.39 is 10.8 Å². The first-order valence-corrected chi connectivity index (χ1v) is 8.45. The predicted octanol–water partition coefficient (Wildman–Crippen LogP) is 2.56. The summed E-state index contributed by atoms with van der Waals surface area (Å²) in [5, 5.41) is 0. The summed E-state index contributed by atoms with van der Waals surface area (Å²) in [6.07, 6.45) is 3.69. The van der Waals surface area contributed by atoms with Gasteiger partial charge in [-0.3, -0.25) is 4.21 Å². The Kier molecular flexibility index (Phi) is 3.58. The quantitative estimate of drug-likeness (QED) is 0.801. The number of imidazole rings is 1. The molecule has 2 aromatic heterocycles. The molecule has 4 nitrogen and oxygen atoms in total. The molecule has 0 atom stereocenters. The van der Waals surface area contributed by atoms with Crippen LogP contribution in [0, 0.1) is 6.92 Å². The van der Waals surface area contributed by atoms with Gasteiger partial charge in [0.25, 0.3) is 0 Å². The highest BCUT2D eigenvalue weighted by molar-refractivity contribution is 7.85. The van der Waals surface area contributed by atoms with E-state index in [1.165, 1.54) is 0 Å². The Bertz CT molecular complexity index is 630. The number of fused-ring (bicyclic) bond motifs is 1. The Morgan fingerprint density at radius 2 is 2.21 bits per heavy atom. The molecule has 0 bridgehead atoms. The minimum Gasteiger partial charge on any atom is -0.309 e. The molecule has 1 fully saturated rings. The molecule has 102 valence electrons. The summed E-state index contributed by atoms with van der Waals surface area (Å²) >= 11 is 6.02. The molecule has 0 aliphatic carbocycles. The normalized spacial score (nSPS) is 23.9. The lowest BCUT2D eigenvalue weighted by Gasteiger charge is -2.24. The van der Waals surface area contributed by atoms with Gasteiger partial charge in [-0.1, -0.05) is 0 Å². The fourth-order valence-corrected chi connectivity index (χ4v) is 4.11. The number of alkyl halides is 1. The zero-order chi connectivity index (χ0) is 13.4. The van der Waals surface area contributed by atoms with Crippen molar-refractivity contribution < 1.29 is 4.21 Å². The Morgan fingerprint density at radius 1 is 1.47 bits per heavy atom. The third-order valence-electron chi connectivity index (χ3n) is 3.58. The van der Waals surface area contributed by atoms with Crippen molar-refractivity contribution in [3.8, 4) is 0 Å². The molecule has 1 aliphatic heterocycles. The second-order valence-electron chi connectivity index (χ2n) is 4.97. The van der Waals surface area contributed by atoms with Crippen LogP contribution < -0.4 is 0 Å². The van der Waals surface area contributed by atoms with Crippen molar-refractivity contribution in [1.82, 2.24) is 14.5 Å². The van der Waals surface area contributed by atoms with Crippen LogP contribution in [0.5, 0.6) is 0 Å². The van der Waals surface area contributed by atoms with Gasteiger partial charge in [0, 0.05) is 34.5 Å². The van der Waals surface area contributed by atoms with Crippen LogP contribution in [0.15, 0.2) is 12.3 Å². The number of hydrogen-bond donors (Lipinski definition) is 0. The molecule has 0 amide bonds. The zero-order valence-corrected chi connectivity index (χ0v) is 12.4. The molecule has 1 aliphatic rings. The van der Waals surface area contributed by atoms with Gasteiger partial charge in [-0.15, -0.1) is 11.6 Å². The van der Waals surface area contributed by atoms with Crippen LogP contribution in [0.4, 0.5) is 0 Å². The van der Waals surface area contributed by atoms with Crippen LogP contribution in [0.25, 0.3) is 11.2 Å². The number of nitrogens with zero attached hydrogens (tertiary/aromatic N) is 3. The number of aromatic nitrogens is 3. The van der Waals surface area contributed by atoms with Gasteiger partial charge in [0.05, 0.1) is 5.88 Å².